The highest BCUT2D eigenvalue weighted by Gasteiger charge is 2.19. The standard InChI is InChI=1S/C15H23N3O/c1-4-13-10(2)14(18-17-13)15(19)16-11(3)12-8-6-5-7-9-12/h8,11H,4-7,9H2,1-3H3,(H,16,19)(H,17,18). The Morgan fingerprint density at radius 1 is 1.53 bits per heavy atom. The number of rotatable bonds is 4. The first-order valence-corrected chi connectivity index (χ1v) is 7.17. The van der Waals surface area contributed by atoms with Gasteiger partial charge in [0.1, 0.15) is 0 Å². The highest BCUT2D eigenvalue weighted by atomic mass is 16.2. The molecule has 1 unspecified atom stereocenters. The van der Waals surface area contributed by atoms with Crippen molar-refractivity contribution in [2.45, 2.75) is 58.9 Å². The van der Waals surface area contributed by atoms with Crippen LogP contribution in [0.25, 0.3) is 0 Å². The van der Waals surface area contributed by atoms with Gasteiger partial charge >= 0.3 is 0 Å². The van der Waals surface area contributed by atoms with E-state index in [1.54, 1.807) is 0 Å². The van der Waals surface area contributed by atoms with E-state index in [2.05, 4.69) is 35.4 Å². The number of hydrogen-bond donors (Lipinski definition) is 2. The van der Waals surface area contributed by atoms with Crippen LogP contribution in [0.4, 0.5) is 0 Å². The van der Waals surface area contributed by atoms with Gasteiger partial charge in [0.15, 0.2) is 5.69 Å². The second-order valence-corrected chi connectivity index (χ2v) is 5.25. The predicted molar refractivity (Wildman–Crippen MR) is 76.2 cm³/mol. The van der Waals surface area contributed by atoms with Gasteiger partial charge in [0, 0.05) is 17.3 Å². The highest BCUT2D eigenvalue weighted by Crippen LogP contribution is 2.20. The number of carbonyl (C=O) groups excluding carboxylic acids is 1. The molecule has 0 aliphatic heterocycles. The number of hydrogen-bond acceptors (Lipinski definition) is 2. The molecule has 2 N–H and O–H groups in total. The molecule has 4 heteroatoms. The molecular formula is C15H23N3O. The minimum Gasteiger partial charge on any atom is -0.344 e. The second-order valence-electron chi connectivity index (χ2n) is 5.25. The molecule has 1 atom stereocenters. The highest BCUT2D eigenvalue weighted by molar-refractivity contribution is 5.94. The van der Waals surface area contributed by atoms with Gasteiger partial charge in [-0.3, -0.25) is 9.89 Å². The van der Waals surface area contributed by atoms with Crippen LogP contribution in [-0.4, -0.2) is 22.1 Å². The maximum absolute atomic E-state index is 12.2. The van der Waals surface area contributed by atoms with E-state index >= 15 is 0 Å². The first-order chi connectivity index (χ1) is 9.13. The van der Waals surface area contributed by atoms with Crippen LogP contribution in [0.2, 0.25) is 0 Å². The van der Waals surface area contributed by atoms with Crippen molar-refractivity contribution < 1.29 is 4.79 Å². The van der Waals surface area contributed by atoms with Crippen molar-refractivity contribution in [3.05, 3.63) is 28.6 Å². The van der Waals surface area contributed by atoms with Crippen molar-refractivity contribution in [2.75, 3.05) is 0 Å². The summed E-state index contributed by atoms with van der Waals surface area (Å²) in [7, 11) is 0. The fourth-order valence-corrected chi connectivity index (χ4v) is 2.61. The van der Waals surface area contributed by atoms with Crippen LogP contribution in [0.15, 0.2) is 11.6 Å². The lowest BCUT2D eigenvalue weighted by Gasteiger charge is -2.20. The topological polar surface area (TPSA) is 57.8 Å². The van der Waals surface area contributed by atoms with Gasteiger partial charge in [0.05, 0.1) is 0 Å². The van der Waals surface area contributed by atoms with Crippen molar-refractivity contribution >= 4 is 5.91 Å². The summed E-state index contributed by atoms with van der Waals surface area (Å²) < 4.78 is 0. The minimum atomic E-state index is -0.0765. The monoisotopic (exact) mass is 261 g/mol. The number of allylic oxidation sites excluding steroid dienone is 1. The van der Waals surface area contributed by atoms with E-state index < -0.39 is 0 Å². The summed E-state index contributed by atoms with van der Waals surface area (Å²) in [4.78, 5) is 12.2. The number of carbonyl (C=O) groups is 1. The zero-order valence-electron chi connectivity index (χ0n) is 12.0. The molecular weight excluding hydrogens is 238 g/mol. The van der Waals surface area contributed by atoms with Crippen LogP contribution in [-0.2, 0) is 6.42 Å². The summed E-state index contributed by atoms with van der Waals surface area (Å²) in [6, 6.07) is 0.106. The molecule has 4 nitrogen and oxygen atoms in total. The number of nitrogens with zero attached hydrogens (tertiary/aromatic N) is 1. The van der Waals surface area contributed by atoms with Gasteiger partial charge in [-0.15, -0.1) is 0 Å². The lowest BCUT2D eigenvalue weighted by molar-refractivity contribution is 0.0939. The second kappa shape index (κ2) is 6.04. The summed E-state index contributed by atoms with van der Waals surface area (Å²) in [6.07, 6.45) is 7.87. The van der Waals surface area contributed by atoms with Gasteiger partial charge in [0.25, 0.3) is 5.91 Å². The van der Waals surface area contributed by atoms with Gasteiger partial charge in [-0.2, -0.15) is 5.10 Å². The van der Waals surface area contributed by atoms with Crippen LogP contribution in [0, 0.1) is 6.92 Å². The molecule has 19 heavy (non-hydrogen) atoms. The molecule has 2 rings (SSSR count). The smallest absolute Gasteiger partial charge is 0.272 e. The molecule has 1 aromatic heterocycles. The largest absolute Gasteiger partial charge is 0.344 e. The zero-order valence-corrected chi connectivity index (χ0v) is 12.0. The number of H-pyrrole nitrogens is 1. The molecule has 1 amide bonds. The van der Waals surface area contributed by atoms with Gasteiger partial charge in [-0.1, -0.05) is 18.6 Å². The van der Waals surface area contributed by atoms with E-state index in [1.165, 1.54) is 18.4 Å². The summed E-state index contributed by atoms with van der Waals surface area (Å²) in [5.74, 6) is -0.0765. The molecule has 0 radical (unpaired) electrons. The number of aromatic amines is 1. The Morgan fingerprint density at radius 2 is 2.32 bits per heavy atom. The summed E-state index contributed by atoms with van der Waals surface area (Å²) in [5.41, 5.74) is 3.88. The molecule has 0 fully saturated rings. The summed E-state index contributed by atoms with van der Waals surface area (Å²) in [5, 5.41) is 10.1. The first-order valence-electron chi connectivity index (χ1n) is 7.17. The average molecular weight is 261 g/mol. The molecule has 1 aromatic rings. The van der Waals surface area contributed by atoms with Gasteiger partial charge in [0.2, 0.25) is 0 Å². The molecule has 0 aromatic carbocycles. The van der Waals surface area contributed by atoms with E-state index in [0.717, 1.165) is 30.5 Å². The fraction of sp³-hybridized carbons (Fsp3) is 0.600. The van der Waals surface area contributed by atoms with Crippen molar-refractivity contribution in [3.8, 4) is 0 Å². The Kier molecular flexibility index (Phi) is 4.40. The zero-order chi connectivity index (χ0) is 13.8. The Hall–Kier alpha value is -1.58. The van der Waals surface area contributed by atoms with Gasteiger partial charge in [-0.25, -0.2) is 0 Å². The maximum Gasteiger partial charge on any atom is 0.272 e. The third-order valence-electron chi connectivity index (χ3n) is 3.91. The molecule has 1 aliphatic rings. The van der Waals surface area contributed by atoms with Crippen molar-refractivity contribution in [3.63, 3.8) is 0 Å². The molecule has 0 spiro atoms. The van der Waals surface area contributed by atoms with Crippen LogP contribution < -0.4 is 5.32 Å². The molecule has 1 heterocycles. The third kappa shape index (κ3) is 3.06. The lowest BCUT2D eigenvalue weighted by Crippen LogP contribution is -2.35. The summed E-state index contributed by atoms with van der Waals surface area (Å²) in [6.45, 7) is 6.05. The quantitative estimate of drug-likeness (QED) is 0.819. The van der Waals surface area contributed by atoms with Crippen LogP contribution in [0.1, 0.15) is 61.3 Å². The number of aromatic nitrogens is 2. The first kappa shape index (κ1) is 13.8. The lowest BCUT2D eigenvalue weighted by atomic mass is 9.94. The Morgan fingerprint density at radius 3 is 2.89 bits per heavy atom. The Bertz CT molecular complexity index is 488. The number of aryl methyl sites for hydroxylation is 1. The van der Waals surface area contributed by atoms with E-state index in [1.807, 2.05) is 6.92 Å². The predicted octanol–water partition coefficient (Wildman–Crippen LogP) is 2.90. The number of nitrogens with one attached hydrogen (secondary N) is 2. The van der Waals surface area contributed by atoms with E-state index in [9.17, 15) is 4.79 Å². The Balaban J connectivity index is 2.04. The van der Waals surface area contributed by atoms with Gasteiger partial charge in [-0.05, 0) is 46.0 Å². The molecule has 0 saturated heterocycles. The number of amides is 1. The van der Waals surface area contributed by atoms with Crippen molar-refractivity contribution in [2.24, 2.45) is 0 Å². The third-order valence-corrected chi connectivity index (χ3v) is 3.91. The van der Waals surface area contributed by atoms with Crippen LogP contribution in [0.5, 0.6) is 0 Å². The SMILES string of the molecule is CCc1[nH]nc(C(=O)NC(C)C2=CCCCC2)c1C. The van der Waals surface area contributed by atoms with E-state index in [4.69, 9.17) is 0 Å². The minimum absolute atomic E-state index is 0.0765. The van der Waals surface area contributed by atoms with Crippen molar-refractivity contribution in [1.82, 2.24) is 15.5 Å². The van der Waals surface area contributed by atoms with E-state index in [-0.39, 0.29) is 11.9 Å². The van der Waals surface area contributed by atoms with Crippen molar-refractivity contribution in [1.29, 1.82) is 0 Å². The fourth-order valence-electron chi connectivity index (χ4n) is 2.61. The Labute approximate surface area is 114 Å². The molecule has 0 bridgehead atoms. The van der Waals surface area contributed by atoms with Gasteiger partial charge < -0.3 is 5.32 Å². The summed E-state index contributed by atoms with van der Waals surface area (Å²) >= 11 is 0. The molecule has 104 valence electrons. The normalized spacial score (nSPS) is 16.9. The van der Waals surface area contributed by atoms with Crippen LogP contribution in [0.3, 0.4) is 0 Å². The average Bonchev–Trinajstić information content (AvgIpc) is 2.80. The molecule has 1 aliphatic carbocycles. The van der Waals surface area contributed by atoms with E-state index in [0.29, 0.717) is 5.69 Å². The maximum atomic E-state index is 12.2. The van der Waals surface area contributed by atoms with Crippen LogP contribution >= 0.6 is 0 Å². The molecule has 0 saturated carbocycles.